The summed E-state index contributed by atoms with van der Waals surface area (Å²) < 4.78 is 7.26. The lowest BCUT2D eigenvalue weighted by Crippen LogP contribution is -2.37. The fourth-order valence-corrected chi connectivity index (χ4v) is 1.71. The first-order valence-corrected chi connectivity index (χ1v) is 6.70. The van der Waals surface area contributed by atoms with E-state index in [1.54, 1.807) is 6.20 Å². The van der Waals surface area contributed by atoms with Crippen molar-refractivity contribution < 1.29 is 4.74 Å². The second kappa shape index (κ2) is 8.88. The molecule has 0 aliphatic heterocycles. The summed E-state index contributed by atoms with van der Waals surface area (Å²) in [5.41, 5.74) is 0. The molecule has 0 aromatic carbocycles. The van der Waals surface area contributed by atoms with E-state index in [1.807, 2.05) is 24.7 Å². The largest absolute Gasteiger partial charge is 0.382 e. The molecule has 0 saturated heterocycles. The summed E-state index contributed by atoms with van der Waals surface area (Å²) in [5, 5.41) is 7.01. The van der Waals surface area contributed by atoms with E-state index in [9.17, 15) is 0 Å². The minimum atomic E-state index is 0.695. The van der Waals surface area contributed by atoms with Crippen LogP contribution in [0.3, 0.4) is 0 Å². The third kappa shape index (κ3) is 5.97. The van der Waals surface area contributed by atoms with Gasteiger partial charge in [0.25, 0.3) is 0 Å². The lowest BCUT2D eigenvalue weighted by Gasteiger charge is -2.10. The fraction of sp³-hybridized carbons (Fsp3) is 0.667. The first-order chi connectivity index (χ1) is 8.74. The minimum absolute atomic E-state index is 0.695. The summed E-state index contributed by atoms with van der Waals surface area (Å²) in [5.74, 6) is 1.06. The maximum atomic E-state index is 5.24. The smallest absolute Gasteiger partial charge is 0.166 e. The van der Waals surface area contributed by atoms with E-state index < -0.39 is 0 Å². The van der Waals surface area contributed by atoms with Gasteiger partial charge in [0.2, 0.25) is 0 Å². The molecule has 18 heavy (non-hydrogen) atoms. The molecule has 0 atom stereocenters. The van der Waals surface area contributed by atoms with Crippen molar-refractivity contribution in [1.29, 1.82) is 0 Å². The van der Waals surface area contributed by atoms with Gasteiger partial charge in [-0.1, -0.05) is 0 Å². The Labute approximate surface area is 114 Å². The van der Waals surface area contributed by atoms with E-state index in [4.69, 9.17) is 17.0 Å². The molecule has 1 heterocycles. The van der Waals surface area contributed by atoms with Crippen molar-refractivity contribution in [3.8, 4) is 0 Å². The van der Waals surface area contributed by atoms with Gasteiger partial charge in [0, 0.05) is 52.2 Å². The highest BCUT2D eigenvalue weighted by Gasteiger charge is 1.99. The molecule has 5 nitrogen and oxygen atoms in total. The minimum Gasteiger partial charge on any atom is -0.382 e. The lowest BCUT2D eigenvalue weighted by atomic mass is 10.4. The second-order valence-electron chi connectivity index (χ2n) is 3.94. The quantitative estimate of drug-likeness (QED) is 0.542. The van der Waals surface area contributed by atoms with Crippen molar-refractivity contribution in [2.24, 2.45) is 7.05 Å². The molecular weight excluding hydrogens is 248 g/mol. The maximum Gasteiger partial charge on any atom is 0.166 e. The van der Waals surface area contributed by atoms with E-state index in [0.29, 0.717) is 5.11 Å². The number of hydrogen-bond donors (Lipinski definition) is 2. The number of nitrogens with zero attached hydrogens (tertiary/aromatic N) is 2. The molecule has 102 valence electrons. The average Bonchev–Trinajstić information content (AvgIpc) is 2.75. The Balaban J connectivity index is 2.02. The summed E-state index contributed by atoms with van der Waals surface area (Å²) in [4.78, 5) is 4.25. The van der Waals surface area contributed by atoms with Crippen LogP contribution < -0.4 is 10.6 Å². The van der Waals surface area contributed by atoms with Gasteiger partial charge in [0.15, 0.2) is 5.11 Å². The Bertz CT molecular complexity index is 354. The van der Waals surface area contributed by atoms with Gasteiger partial charge in [0.1, 0.15) is 5.82 Å². The van der Waals surface area contributed by atoms with Crippen LogP contribution in [0, 0.1) is 0 Å². The van der Waals surface area contributed by atoms with Crippen molar-refractivity contribution in [3.05, 3.63) is 18.2 Å². The number of hydrogen-bond acceptors (Lipinski definition) is 3. The van der Waals surface area contributed by atoms with Crippen molar-refractivity contribution in [1.82, 2.24) is 20.2 Å². The Kier molecular flexibility index (Phi) is 7.36. The fourth-order valence-electron chi connectivity index (χ4n) is 1.51. The number of thiocarbonyl (C=S) groups is 1. The standard InChI is InChI=1S/C12H22N4OS/c1-3-17-10-4-6-14-12(18)15-7-5-11-13-8-9-16(11)2/h8-9H,3-7,10H2,1-2H3,(H2,14,15,18). The third-order valence-electron chi connectivity index (χ3n) is 2.51. The highest BCUT2D eigenvalue weighted by atomic mass is 32.1. The van der Waals surface area contributed by atoms with E-state index in [1.165, 1.54) is 0 Å². The van der Waals surface area contributed by atoms with Gasteiger partial charge in [-0.05, 0) is 25.6 Å². The topological polar surface area (TPSA) is 51.1 Å². The summed E-state index contributed by atoms with van der Waals surface area (Å²) in [6.45, 7) is 5.18. The molecule has 0 fully saturated rings. The molecule has 6 heteroatoms. The molecule has 0 aliphatic rings. The second-order valence-corrected chi connectivity index (χ2v) is 4.35. The Morgan fingerprint density at radius 1 is 1.44 bits per heavy atom. The van der Waals surface area contributed by atoms with Crippen LogP contribution in [0.1, 0.15) is 19.2 Å². The zero-order valence-electron chi connectivity index (χ0n) is 11.1. The monoisotopic (exact) mass is 270 g/mol. The van der Waals surface area contributed by atoms with Crippen molar-refractivity contribution in [3.63, 3.8) is 0 Å². The Hall–Kier alpha value is -1.14. The molecule has 0 unspecified atom stereocenters. The number of aryl methyl sites for hydroxylation is 1. The summed E-state index contributed by atoms with van der Waals surface area (Å²) in [7, 11) is 1.99. The van der Waals surface area contributed by atoms with E-state index >= 15 is 0 Å². The van der Waals surface area contributed by atoms with E-state index in [-0.39, 0.29) is 0 Å². The molecule has 1 aromatic heterocycles. The van der Waals surface area contributed by atoms with Crippen LogP contribution in [-0.2, 0) is 18.2 Å². The van der Waals surface area contributed by atoms with E-state index in [0.717, 1.165) is 45.0 Å². The van der Waals surface area contributed by atoms with Crippen LogP contribution in [0.15, 0.2) is 12.4 Å². The molecule has 0 aliphatic carbocycles. The van der Waals surface area contributed by atoms with Gasteiger partial charge in [-0.3, -0.25) is 0 Å². The van der Waals surface area contributed by atoms with Gasteiger partial charge < -0.3 is 19.9 Å². The molecule has 2 N–H and O–H groups in total. The van der Waals surface area contributed by atoms with Crippen molar-refractivity contribution in [2.45, 2.75) is 19.8 Å². The Morgan fingerprint density at radius 3 is 2.89 bits per heavy atom. The number of ether oxygens (including phenoxy) is 1. The van der Waals surface area contributed by atoms with Gasteiger partial charge in [-0.25, -0.2) is 4.98 Å². The highest BCUT2D eigenvalue weighted by Crippen LogP contribution is 1.93. The molecule has 0 saturated carbocycles. The molecular formula is C12H22N4OS. The first-order valence-electron chi connectivity index (χ1n) is 6.29. The zero-order chi connectivity index (χ0) is 13.2. The number of nitrogens with one attached hydrogen (secondary N) is 2. The first kappa shape index (κ1) is 14.9. The van der Waals surface area contributed by atoms with E-state index in [2.05, 4.69) is 15.6 Å². The molecule has 0 spiro atoms. The number of rotatable bonds is 8. The van der Waals surface area contributed by atoms with Crippen LogP contribution in [-0.4, -0.2) is 41.0 Å². The molecule has 0 amide bonds. The average molecular weight is 270 g/mol. The molecule has 1 rings (SSSR count). The maximum absolute atomic E-state index is 5.24. The number of imidazole rings is 1. The van der Waals surface area contributed by atoms with Crippen LogP contribution in [0.25, 0.3) is 0 Å². The summed E-state index contributed by atoms with van der Waals surface area (Å²) in [6, 6.07) is 0. The lowest BCUT2D eigenvalue weighted by molar-refractivity contribution is 0.145. The van der Waals surface area contributed by atoms with Crippen LogP contribution in [0.5, 0.6) is 0 Å². The summed E-state index contributed by atoms with van der Waals surface area (Å²) >= 11 is 5.17. The number of aromatic nitrogens is 2. The third-order valence-corrected chi connectivity index (χ3v) is 2.80. The van der Waals surface area contributed by atoms with Gasteiger partial charge in [-0.15, -0.1) is 0 Å². The van der Waals surface area contributed by atoms with Gasteiger partial charge in [-0.2, -0.15) is 0 Å². The van der Waals surface area contributed by atoms with Gasteiger partial charge >= 0.3 is 0 Å². The normalized spacial score (nSPS) is 10.3. The van der Waals surface area contributed by atoms with Crippen LogP contribution in [0.2, 0.25) is 0 Å². The molecule has 0 radical (unpaired) electrons. The Morgan fingerprint density at radius 2 is 2.22 bits per heavy atom. The van der Waals surface area contributed by atoms with Crippen LogP contribution >= 0.6 is 12.2 Å². The van der Waals surface area contributed by atoms with Crippen LogP contribution in [0.4, 0.5) is 0 Å². The predicted octanol–water partition coefficient (Wildman–Crippen LogP) is 0.853. The van der Waals surface area contributed by atoms with Crippen molar-refractivity contribution in [2.75, 3.05) is 26.3 Å². The molecule has 1 aromatic rings. The summed E-state index contributed by atoms with van der Waals surface area (Å²) in [6.07, 6.45) is 5.58. The highest BCUT2D eigenvalue weighted by molar-refractivity contribution is 7.80. The van der Waals surface area contributed by atoms with Crippen molar-refractivity contribution >= 4 is 17.3 Å². The van der Waals surface area contributed by atoms with Gasteiger partial charge in [0.05, 0.1) is 0 Å². The predicted molar refractivity (Wildman–Crippen MR) is 76.6 cm³/mol. The zero-order valence-corrected chi connectivity index (χ0v) is 11.9. The molecule has 0 bridgehead atoms. The SMILES string of the molecule is CCOCCCNC(=S)NCCc1nccn1C.